The Balaban J connectivity index is 2.05. The Hall–Kier alpha value is -1.33. The molecule has 0 unspecified atom stereocenters. The number of fused-ring (bicyclic) bond motifs is 1. The van der Waals surface area contributed by atoms with Crippen LogP contribution in [-0.2, 0) is 0 Å². The van der Waals surface area contributed by atoms with Crippen molar-refractivity contribution in [1.29, 1.82) is 0 Å². The van der Waals surface area contributed by atoms with Gasteiger partial charge in [-0.3, -0.25) is 0 Å². The van der Waals surface area contributed by atoms with E-state index < -0.39 is 0 Å². The molecule has 0 bridgehead atoms. The number of aliphatic hydroxyl groups excluding tert-OH is 1. The van der Waals surface area contributed by atoms with E-state index in [0.717, 1.165) is 21.6 Å². The maximum absolute atomic E-state index is 9.14. The fraction of sp³-hybridized carbons (Fsp3) is 0.417. The van der Waals surface area contributed by atoms with Crippen LogP contribution in [0.2, 0.25) is 0 Å². The molecule has 0 radical (unpaired) electrons. The first kappa shape index (κ1) is 10.8. The van der Waals surface area contributed by atoms with Crippen LogP contribution in [0.25, 0.3) is 10.2 Å². The normalized spacial score (nSPS) is 15.4. The SMILES string of the molecule is Nc1c(N(CCO)C2CC2)ccc2scnc12. The van der Waals surface area contributed by atoms with Gasteiger partial charge in [-0.2, -0.15) is 0 Å². The first-order valence-electron chi connectivity index (χ1n) is 5.80. The highest BCUT2D eigenvalue weighted by molar-refractivity contribution is 7.16. The van der Waals surface area contributed by atoms with Gasteiger partial charge in [-0.1, -0.05) is 0 Å². The predicted octanol–water partition coefficient (Wildman–Crippen LogP) is 1.84. The first-order valence-corrected chi connectivity index (χ1v) is 6.68. The molecule has 1 aromatic heterocycles. The Morgan fingerprint density at radius 2 is 2.29 bits per heavy atom. The standard InChI is InChI=1S/C12H15N3OS/c13-11-9(15(5-6-16)8-1-2-8)3-4-10-12(11)14-7-17-10/h3-4,7-8,16H,1-2,5-6,13H2. The average molecular weight is 249 g/mol. The van der Waals surface area contributed by atoms with Gasteiger partial charge in [-0.15, -0.1) is 11.3 Å². The number of thiazole rings is 1. The number of hydrogen-bond acceptors (Lipinski definition) is 5. The van der Waals surface area contributed by atoms with Gasteiger partial charge in [-0.05, 0) is 25.0 Å². The molecule has 5 heteroatoms. The third-order valence-corrected chi connectivity index (χ3v) is 3.95. The van der Waals surface area contributed by atoms with Crippen LogP contribution in [0.1, 0.15) is 12.8 Å². The van der Waals surface area contributed by atoms with Crippen LogP contribution in [0.3, 0.4) is 0 Å². The van der Waals surface area contributed by atoms with E-state index in [1.165, 1.54) is 12.8 Å². The summed E-state index contributed by atoms with van der Waals surface area (Å²) in [7, 11) is 0. The topological polar surface area (TPSA) is 62.4 Å². The van der Waals surface area contributed by atoms with Gasteiger partial charge in [0.15, 0.2) is 0 Å². The Labute approximate surface area is 104 Å². The molecule has 0 atom stereocenters. The molecule has 0 aliphatic heterocycles. The van der Waals surface area contributed by atoms with Crippen molar-refractivity contribution in [1.82, 2.24) is 4.98 Å². The van der Waals surface area contributed by atoms with Gasteiger partial charge in [-0.25, -0.2) is 4.98 Å². The molecule has 17 heavy (non-hydrogen) atoms. The summed E-state index contributed by atoms with van der Waals surface area (Å²) in [5.74, 6) is 0. The second-order valence-corrected chi connectivity index (χ2v) is 5.23. The van der Waals surface area contributed by atoms with Crippen LogP contribution >= 0.6 is 11.3 Å². The number of nitrogen functional groups attached to an aromatic ring is 1. The zero-order valence-electron chi connectivity index (χ0n) is 9.47. The molecular weight excluding hydrogens is 234 g/mol. The van der Waals surface area contributed by atoms with E-state index in [2.05, 4.69) is 16.0 Å². The van der Waals surface area contributed by atoms with E-state index in [9.17, 15) is 0 Å². The van der Waals surface area contributed by atoms with Gasteiger partial charge in [0.25, 0.3) is 0 Å². The van der Waals surface area contributed by atoms with Gasteiger partial charge in [0, 0.05) is 12.6 Å². The van der Waals surface area contributed by atoms with Gasteiger partial charge in [0.05, 0.1) is 28.2 Å². The number of aromatic nitrogens is 1. The van der Waals surface area contributed by atoms with E-state index in [1.807, 2.05) is 11.6 Å². The van der Waals surface area contributed by atoms with Crippen LogP contribution in [0, 0.1) is 0 Å². The fourth-order valence-electron chi connectivity index (χ4n) is 2.19. The van der Waals surface area contributed by atoms with Gasteiger partial charge in [0.1, 0.15) is 5.52 Å². The molecule has 3 rings (SSSR count). The molecule has 1 aromatic carbocycles. The minimum atomic E-state index is 0.158. The molecule has 1 fully saturated rings. The predicted molar refractivity (Wildman–Crippen MR) is 71.5 cm³/mol. The molecule has 1 aliphatic rings. The van der Waals surface area contributed by atoms with Crippen LogP contribution in [0.15, 0.2) is 17.6 Å². The number of benzene rings is 1. The third-order valence-electron chi connectivity index (χ3n) is 3.16. The highest BCUT2D eigenvalue weighted by Crippen LogP contribution is 2.38. The zero-order chi connectivity index (χ0) is 11.8. The molecule has 0 spiro atoms. The molecular formula is C12H15N3OS. The van der Waals surface area contributed by atoms with Crippen molar-refractivity contribution in [2.45, 2.75) is 18.9 Å². The largest absolute Gasteiger partial charge is 0.395 e. The number of nitrogens with two attached hydrogens (primary N) is 1. The summed E-state index contributed by atoms with van der Waals surface area (Å²) in [6.07, 6.45) is 2.38. The van der Waals surface area contributed by atoms with Gasteiger partial charge in [0.2, 0.25) is 0 Å². The molecule has 3 N–H and O–H groups in total. The smallest absolute Gasteiger partial charge is 0.106 e. The third kappa shape index (κ3) is 1.85. The minimum absolute atomic E-state index is 0.158. The molecule has 1 heterocycles. The van der Waals surface area contributed by atoms with Crippen molar-refractivity contribution in [3.63, 3.8) is 0 Å². The summed E-state index contributed by atoms with van der Waals surface area (Å²) >= 11 is 1.60. The van der Waals surface area contributed by atoms with E-state index in [0.29, 0.717) is 12.6 Å². The molecule has 0 amide bonds. The number of hydrogen-bond donors (Lipinski definition) is 2. The minimum Gasteiger partial charge on any atom is -0.395 e. The van der Waals surface area contributed by atoms with Crippen molar-refractivity contribution in [3.8, 4) is 0 Å². The van der Waals surface area contributed by atoms with Gasteiger partial charge >= 0.3 is 0 Å². The van der Waals surface area contributed by atoms with Crippen molar-refractivity contribution in [2.24, 2.45) is 0 Å². The molecule has 90 valence electrons. The summed E-state index contributed by atoms with van der Waals surface area (Å²) in [4.78, 5) is 6.51. The average Bonchev–Trinajstić information content (AvgIpc) is 3.05. The summed E-state index contributed by atoms with van der Waals surface area (Å²) in [6.45, 7) is 0.801. The quantitative estimate of drug-likeness (QED) is 0.812. The van der Waals surface area contributed by atoms with Crippen molar-refractivity contribution in [3.05, 3.63) is 17.6 Å². The zero-order valence-corrected chi connectivity index (χ0v) is 10.3. The molecule has 1 saturated carbocycles. The summed E-state index contributed by atoms with van der Waals surface area (Å²) in [5, 5.41) is 9.14. The van der Waals surface area contributed by atoms with E-state index in [1.54, 1.807) is 11.3 Å². The van der Waals surface area contributed by atoms with Crippen LogP contribution in [0.4, 0.5) is 11.4 Å². The van der Waals surface area contributed by atoms with Gasteiger partial charge < -0.3 is 15.7 Å². The van der Waals surface area contributed by atoms with Crippen LogP contribution in [-0.4, -0.2) is 29.3 Å². The van der Waals surface area contributed by atoms with E-state index in [-0.39, 0.29) is 6.61 Å². The lowest BCUT2D eigenvalue weighted by molar-refractivity contribution is 0.301. The van der Waals surface area contributed by atoms with Crippen LogP contribution < -0.4 is 10.6 Å². The number of anilines is 2. The highest BCUT2D eigenvalue weighted by Gasteiger charge is 2.30. The Bertz CT molecular complexity index is 536. The number of rotatable bonds is 4. The van der Waals surface area contributed by atoms with Crippen molar-refractivity contribution in [2.75, 3.05) is 23.8 Å². The van der Waals surface area contributed by atoms with E-state index >= 15 is 0 Å². The fourth-order valence-corrected chi connectivity index (χ4v) is 2.88. The summed E-state index contributed by atoms with van der Waals surface area (Å²) in [5.41, 5.74) is 10.6. The second-order valence-electron chi connectivity index (χ2n) is 4.35. The molecule has 0 saturated heterocycles. The second kappa shape index (κ2) is 4.16. The lowest BCUT2D eigenvalue weighted by atomic mass is 10.2. The van der Waals surface area contributed by atoms with Crippen LogP contribution in [0.5, 0.6) is 0 Å². The lowest BCUT2D eigenvalue weighted by Crippen LogP contribution is -2.29. The maximum Gasteiger partial charge on any atom is 0.106 e. The number of nitrogens with zero attached hydrogens (tertiary/aromatic N) is 2. The maximum atomic E-state index is 9.14. The highest BCUT2D eigenvalue weighted by atomic mass is 32.1. The molecule has 4 nitrogen and oxygen atoms in total. The Kier molecular flexibility index (Phi) is 2.64. The lowest BCUT2D eigenvalue weighted by Gasteiger charge is -2.25. The Morgan fingerprint density at radius 1 is 1.47 bits per heavy atom. The van der Waals surface area contributed by atoms with E-state index in [4.69, 9.17) is 10.8 Å². The first-order chi connectivity index (χ1) is 8.31. The van der Waals surface area contributed by atoms with Crippen molar-refractivity contribution < 1.29 is 5.11 Å². The molecule has 1 aliphatic carbocycles. The summed E-state index contributed by atoms with van der Waals surface area (Å²) in [6, 6.07) is 4.65. The Morgan fingerprint density at radius 3 is 3.00 bits per heavy atom. The molecule has 2 aromatic rings. The van der Waals surface area contributed by atoms with Crippen molar-refractivity contribution >= 4 is 32.9 Å². The monoisotopic (exact) mass is 249 g/mol. The summed E-state index contributed by atoms with van der Waals surface area (Å²) < 4.78 is 1.12. The number of aliphatic hydroxyl groups is 1.